The summed E-state index contributed by atoms with van der Waals surface area (Å²) < 4.78 is 98.1. The summed E-state index contributed by atoms with van der Waals surface area (Å²) in [5, 5.41) is 0. The summed E-state index contributed by atoms with van der Waals surface area (Å²) in [4.78, 5) is 0. The number of alkyl halides is 7. The molecule has 0 amide bonds. The lowest BCUT2D eigenvalue weighted by molar-refractivity contribution is -0.355. The summed E-state index contributed by atoms with van der Waals surface area (Å²) >= 11 is 0. The van der Waals surface area contributed by atoms with Crippen LogP contribution >= 0.6 is 0 Å². The number of halogens is 7. The van der Waals surface area contributed by atoms with Gasteiger partial charge in [-0.2, -0.15) is 30.7 Å². The van der Waals surface area contributed by atoms with E-state index in [0.717, 1.165) is 45.1 Å². The standard InChI is InChI=1S/C16H25F7O2/c17-14(18,15(19,20)16(21,22)23)10-6-4-2-1-3-5-7-11-24-13-9-8-12-25-13/h13H,1-12H2. The van der Waals surface area contributed by atoms with E-state index in [9.17, 15) is 30.7 Å². The van der Waals surface area contributed by atoms with E-state index in [-0.39, 0.29) is 19.1 Å². The lowest BCUT2D eigenvalue weighted by atomic mass is 10.0. The van der Waals surface area contributed by atoms with Crippen molar-refractivity contribution >= 4 is 0 Å². The predicted octanol–water partition coefficient (Wildman–Crippen LogP) is 6.09. The predicted molar refractivity (Wildman–Crippen MR) is 77.8 cm³/mol. The van der Waals surface area contributed by atoms with Gasteiger partial charge < -0.3 is 9.47 Å². The SMILES string of the molecule is FC(F)(F)C(F)(F)C(F)(F)CCCCCCCCCOC1CCCO1. The van der Waals surface area contributed by atoms with Gasteiger partial charge in [0.05, 0.1) is 0 Å². The third-order valence-electron chi connectivity index (χ3n) is 4.14. The van der Waals surface area contributed by atoms with Crippen LogP contribution in [-0.4, -0.2) is 37.5 Å². The first-order chi connectivity index (χ1) is 11.6. The van der Waals surface area contributed by atoms with Crippen molar-refractivity contribution in [3.8, 4) is 0 Å². The summed E-state index contributed by atoms with van der Waals surface area (Å²) in [6.45, 7) is 1.31. The molecule has 0 saturated carbocycles. The second kappa shape index (κ2) is 9.94. The van der Waals surface area contributed by atoms with E-state index in [1.807, 2.05) is 0 Å². The molecule has 1 fully saturated rings. The topological polar surface area (TPSA) is 18.5 Å². The fraction of sp³-hybridized carbons (Fsp3) is 1.00. The molecule has 0 aromatic heterocycles. The molecule has 1 aliphatic heterocycles. The normalized spacial score (nSPS) is 19.6. The van der Waals surface area contributed by atoms with Gasteiger partial charge in [0.1, 0.15) is 0 Å². The number of hydrogen-bond acceptors (Lipinski definition) is 2. The Bertz CT molecular complexity index is 366. The molecule has 0 bridgehead atoms. The number of rotatable bonds is 12. The van der Waals surface area contributed by atoms with Gasteiger partial charge in [0, 0.05) is 26.1 Å². The van der Waals surface area contributed by atoms with Gasteiger partial charge in [0.15, 0.2) is 6.29 Å². The molecule has 1 aliphatic rings. The third-order valence-corrected chi connectivity index (χ3v) is 4.14. The molecule has 0 radical (unpaired) electrons. The molecule has 1 saturated heterocycles. The van der Waals surface area contributed by atoms with Gasteiger partial charge in [0.2, 0.25) is 0 Å². The summed E-state index contributed by atoms with van der Waals surface area (Å²) in [6, 6.07) is 0. The van der Waals surface area contributed by atoms with Crippen molar-refractivity contribution < 1.29 is 40.2 Å². The van der Waals surface area contributed by atoms with Crippen molar-refractivity contribution in [1.82, 2.24) is 0 Å². The fourth-order valence-corrected chi connectivity index (χ4v) is 2.59. The second-order valence-electron chi connectivity index (χ2n) is 6.31. The van der Waals surface area contributed by atoms with Crippen molar-refractivity contribution in [3.05, 3.63) is 0 Å². The molecule has 1 unspecified atom stereocenters. The summed E-state index contributed by atoms with van der Waals surface area (Å²) in [5.74, 6) is -11.0. The zero-order chi connectivity index (χ0) is 19.0. The van der Waals surface area contributed by atoms with Crippen LogP contribution in [0.15, 0.2) is 0 Å². The Hall–Kier alpha value is -0.570. The Kier molecular flexibility index (Phi) is 8.94. The van der Waals surface area contributed by atoms with Crippen LogP contribution in [0.4, 0.5) is 30.7 Å². The molecular weight excluding hydrogens is 357 g/mol. The first-order valence-corrected chi connectivity index (χ1v) is 8.63. The van der Waals surface area contributed by atoms with Crippen molar-refractivity contribution in [2.24, 2.45) is 0 Å². The fourth-order valence-electron chi connectivity index (χ4n) is 2.59. The molecule has 1 atom stereocenters. The maximum Gasteiger partial charge on any atom is 0.459 e. The number of unbranched alkanes of at least 4 members (excludes halogenated alkanes) is 6. The van der Waals surface area contributed by atoms with Crippen LogP contribution in [0.2, 0.25) is 0 Å². The van der Waals surface area contributed by atoms with Crippen LogP contribution in [0.1, 0.15) is 64.2 Å². The molecule has 0 aromatic carbocycles. The molecule has 25 heavy (non-hydrogen) atoms. The maximum absolute atomic E-state index is 13.0. The third kappa shape index (κ3) is 7.29. The lowest BCUT2D eigenvalue weighted by Gasteiger charge is -2.28. The minimum absolute atomic E-state index is 0.114. The molecule has 1 rings (SSSR count). The van der Waals surface area contributed by atoms with E-state index in [4.69, 9.17) is 9.47 Å². The molecule has 150 valence electrons. The van der Waals surface area contributed by atoms with E-state index in [2.05, 4.69) is 0 Å². The van der Waals surface area contributed by atoms with Crippen molar-refractivity contribution in [2.45, 2.75) is 88.5 Å². The summed E-state index contributed by atoms with van der Waals surface area (Å²) in [5.41, 5.74) is 0. The molecule has 2 nitrogen and oxygen atoms in total. The highest BCUT2D eigenvalue weighted by Crippen LogP contribution is 2.48. The van der Waals surface area contributed by atoms with Crippen molar-refractivity contribution in [2.75, 3.05) is 13.2 Å². The van der Waals surface area contributed by atoms with Crippen LogP contribution < -0.4 is 0 Å². The van der Waals surface area contributed by atoms with Gasteiger partial charge >= 0.3 is 18.0 Å². The first kappa shape index (κ1) is 22.5. The largest absolute Gasteiger partial charge is 0.459 e. The Balaban J connectivity index is 2.00. The highest BCUT2D eigenvalue weighted by Gasteiger charge is 2.72. The molecule has 1 heterocycles. The minimum Gasteiger partial charge on any atom is -0.353 e. The van der Waals surface area contributed by atoms with E-state index in [1.165, 1.54) is 0 Å². The van der Waals surface area contributed by atoms with E-state index >= 15 is 0 Å². The molecule has 0 N–H and O–H groups in total. The molecular formula is C16H25F7O2. The van der Waals surface area contributed by atoms with Crippen LogP contribution in [0.25, 0.3) is 0 Å². The molecule has 0 spiro atoms. The van der Waals surface area contributed by atoms with E-state index in [1.54, 1.807) is 0 Å². The Labute approximate surface area is 143 Å². The highest BCUT2D eigenvalue weighted by molar-refractivity contribution is 4.90. The Morgan fingerprint density at radius 3 is 1.88 bits per heavy atom. The molecule has 0 aromatic rings. The van der Waals surface area contributed by atoms with Crippen LogP contribution in [0.5, 0.6) is 0 Å². The van der Waals surface area contributed by atoms with Gasteiger partial charge in [0.25, 0.3) is 0 Å². The quantitative estimate of drug-likeness (QED) is 0.300. The Morgan fingerprint density at radius 1 is 0.800 bits per heavy atom. The number of ether oxygens (including phenoxy) is 2. The van der Waals surface area contributed by atoms with Crippen LogP contribution in [0.3, 0.4) is 0 Å². The summed E-state index contributed by atoms with van der Waals surface area (Å²) in [6.07, 6.45) is -2.25. The second-order valence-corrected chi connectivity index (χ2v) is 6.31. The zero-order valence-corrected chi connectivity index (χ0v) is 14.0. The number of hydrogen-bond donors (Lipinski definition) is 0. The van der Waals surface area contributed by atoms with Crippen LogP contribution in [-0.2, 0) is 9.47 Å². The highest BCUT2D eigenvalue weighted by atomic mass is 19.4. The van der Waals surface area contributed by atoms with Crippen LogP contribution in [0, 0.1) is 0 Å². The monoisotopic (exact) mass is 382 g/mol. The Morgan fingerprint density at radius 2 is 1.36 bits per heavy atom. The molecule has 0 aliphatic carbocycles. The lowest BCUT2D eigenvalue weighted by Crippen LogP contribution is -2.51. The van der Waals surface area contributed by atoms with Gasteiger partial charge in [-0.05, 0) is 19.3 Å². The maximum atomic E-state index is 13.0. The van der Waals surface area contributed by atoms with Crippen molar-refractivity contribution in [3.63, 3.8) is 0 Å². The first-order valence-electron chi connectivity index (χ1n) is 8.63. The average Bonchev–Trinajstić information content (AvgIpc) is 3.01. The summed E-state index contributed by atoms with van der Waals surface area (Å²) in [7, 11) is 0. The minimum atomic E-state index is -6.23. The van der Waals surface area contributed by atoms with E-state index < -0.39 is 24.4 Å². The van der Waals surface area contributed by atoms with Crippen molar-refractivity contribution in [1.29, 1.82) is 0 Å². The van der Waals surface area contributed by atoms with Gasteiger partial charge in [-0.25, -0.2) is 0 Å². The average molecular weight is 382 g/mol. The van der Waals surface area contributed by atoms with Gasteiger partial charge in [-0.3, -0.25) is 0 Å². The molecule has 9 heteroatoms. The zero-order valence-electron chi connectivity index (χ0n) is 14.0. The van der Waals surface area contributed by atoms with Gasteiger partial charge in [-0.15, -0.1) is 0 Å². The smallest absolute Gasteiger partial charge is 0.353 e. The van der Waals surface area contributed by atoms with Gasteiger partial charge in [-0.1, -0.05) is 32.1 Å². The van der Waals surface area contributed by atoms with E-state index in [0.29, 0.717) is 13.0 Å².